The molecule has 21 heavy (non-hydrogen) atoms. The first-order valence-corrected chi connectivity index (χ1v) is 3.17. The summed E-state index contributed by atoms with van der Waals surface area (Å²) < 4.78 is 0. The molecule has 0 saturated heterocycles. The Kier molecular flexibility index (Phi) is 68.1. The van der Waals surface area contributed by atoms with E-state index in [1.54, 1.807) is 0 Å². The first-order chi connectivity index (χ1) is 5.78. The van der Waals surface area contributed by atoms with E-state index in [2.05, 4.69) is 0 Å². The number of hydrogen-bond acceptors (Lipinski definition) is 4. The smallest absolute Gasteiger partial charge is 1.00 e. The molecule has 0 bridgehead atoms. The molecule has 0 aromatic rings. The van der Waals surface area contributed by atoms with E-state index in [4.69, 9.17) is 20.4 Å². The van der Waals surface area contributed by atoms with Crippen LogP contribution >= 0.6 is 0 Å². The van der Waals surface area contributed by atoms with Crippen LogP contribution in [0.15, 0.2) is 0 Å². The fourth-order valence-corrected chi connectivity index (χ4v) is 0.714. The summed E-state index contributed by atoms with van der Waals surface area (Å²) in [5.74, 6) is -5.02. The Balaban J connectivity index is -0.0000000200. The van der Waals surface area contributed by atoms with Crippen molar-refractivity contribution in [3.05, 3.63) is 0 Å². The maximum Gasteiger partial charge on any atom is 1.00 e. The first kappa shape index (κ1) is 60.2. The standard InChI is InChI=1S/C6H8O7.Li.7H2O.H/c7-3(8)1-6(13,5(11)12)2-4(9)10;;;;;;;;;/h13H,1-2H2,(H,7,8)(H,9,10)(H,11,12);;7*1H2;/q;+1;;;;;;;;-1. The molecule has 0 aliphatic heterocycles. The number of carboxylic acid groups (broad SMARTS) is 3. The third kappa shape index (κ3) is 24.1. The molecule has 0 aromatic carbocycles. The van der Waals surface area contributed by atoms with Gasteiger partial charge in [0.1, 0.15) is 0 Å². The minimum Gasteiger partial charge on any atom is -1.00 e. The van der Waals surface area contributed by atoms with Gasteiger partial charge in [-0.3, -0.25) is 9.59 Å². The second-order valence-electron chi connectivity index (χ2n) is 2.48. The Morgan fingerprint density at radius 1 is 0.714 bits per heavy atom. The van der Waals surface area contributed by atoms with Gasteiger partial charge in [-0.2, -0.15) is 0 Å². The van der Waals surface area contributed by atoms with Crippen molar-refractivity contribution >= 4 is 17.9 Å². The molecule has 18 N–H and O–H groups in total. The molecule has 14 nitrogen and oxygen atoms in total. The quantitative estimate of drug-likeness (QED) is 0.352. The molecule has 0 spiro atoms. The largest absolute Gasteiger partial charge is 1.00 e. The van der Waals surface area contributed by atoms with E-state index in [9.17, 15) is 14.4 Å². The van der Waals surface area contributed by atoms with Crippen LogP contribution in [0.4, 0.5) is 0 Å². The van der Waals surface area contributed by atoms with Crippen molar-refractivity contribution in [1.29, 1.82) is 0 Å². The third-order valence-corrected chi connectivity index (χ3v) is 1.29. The van der Waals surface area contributed by atoms with Gasteiger partial charge in [0.05, 0.1) is 12.8 Å². The van der Waals surface area contributed by atoms with Crippen LogP contribution in [-0.2, 0) is 14.4 Å². The number of aliphatic hydroxyl groups is 1. The van der Waals surface area contributed by atoms with Gasteiger partial charge in [-0.15, -0.1) is 0 Å². The van der Waals surface area contributed by atoms with Crippen molar-refractivity contribution in [3.63, 3.8) is 0 Å². The van der Waals surface area contributed by atoms with Crippen LogP contribution in [-0.4, -0.2) is 82.3 Å². The zero-order valence-electron chi connectivity index (χ0n) is 11.9. The Labute approximate surface area is 130 Å². The summed E-state index contributed by atoms with van der Waals surface area (Å²) in [4.78, 5) is 30.5. The molecule has 0 aliphatic carbocycles. The molecule has 0 saturated carbocycles. The average molecular weight is 326 g/mol. The van der Waals surface area contributed by atoms with Gasteiger partial charge in [0.25, 0.3) is 0 Å². The number of carboxylic acids is 3. The Morgan fingerprint density at radius 3 is 1.00 bits per heavy atom. The molecule has 0 atom stereocenters. The van der Waals surface area contributed by atoms with Gasteiger partial charge in [-0.25, -0.2) is 4.79 Å². The van der Waals surface area contributed by atoms with Crippen molar-refractivity contribution in [3.8, 4) is 0 Å². The minimum absolute atomic E-state index is 0. The molecule has 0 aliphatic rings. The maximum atomic E-state index is 10.3. The summed E-state index contributed by atoms with van der Waals surface area (Å²) in [6, 6.07) is 0. The van der Waals surface area contributed by atoms with Gasteiger partial charge in [0.2, 0.25) is 0 Å². The van der Waals surface area contributed by atoms with Crippen LogP contribution in [0.2, 0.25) is 0 Å². The first-order valence-electron chi connectivity index (χ1n) is 3.17. The second-order valence-corrected chi connectivity index (χ2v) is 2.48. The van der Waals surface area contributed by atoms with Gasteiger partial charge in [-0.1, -0.05) is 0 Å². The fraction of sp³-hybridized carbons (Fsp3) is 0.500. The van der Waals surface area contributed by atoms with Gasteiger partial charge in [0.15, 0.2) is 5.60 Å². The second kappa shape index (κ2) is 23.8. The summed E-state index contributed by atoms with van der Waals surface area (Å²) in [5.41, 5.74) is -2.74. The van der Waals surface area contributed by atoms with Crippen LogP contribution in [0.3, 0.4) is 0 Å². The number of rotatable bonds is 5. The topological polar surface area (TPSA) is 353 Å². The third-order valence-electron chi connectivity index (χ3n) is 1.29. The number of carbonyl (C=O) groups is 3. The Hall–Kier alpha value is -1.31. The zero-order valence-corrected chi connectivity index (χ0v) is 10.9. The molecule has 0 heterocycles. The Bertz CT molecular complexity index is 244. The molecular formula is C6H23LiO14. The van der Waals surface area contributed by atoms with Gasteiger partial charge in [-0.05, 0) is 0 Å². The average Bonchev–Trinajstić information content (AvgIpc) is 1.82. The van der Waals surface area contributed by atoms with Crippen molar-refractivity contribution in [2.24, 2.45) is 0 Å². The molecule has 0 fully saturated rings. The predicted octanol–water partition coefficient (Wildman–Crippen LogP) is -9.90. The molecule has 0 amide bonds. The maximum absolute atomic E-state index is 10.3. The minimum atomic E-state index is -2.74. The van der Waals surface area contributed by atoms with E-state index in [1.807, 2.05) is 0 Å². The molecule has 15 heteroatoms. The van der Waals surface area contributed by atoms with E-state index >= 15 is 0 Å². The van der Waals surface area contributed by atoms with Crippen LogP contribution in [0, 0.1) is 0 Å². The van der Waals surface area contributed by atoms with E-state index in [0.717, 1.165) is 0 Å². The number of aliphatic carboxylic acids is 3. The summed E-state index contributed by atoms with van der Waals surface area (Å²) in [5, 5.41) is 33.8. The van der Waals surface area contributed by atoms with Crippen LogP contribution < -0.4 is 18.9 Å². The SMILES string of the molecule is O.O.O.O.O.O.O.O=C(O)CC(O)(CC(=O)O)C(=O)O.[H-].[Li+]. The molecule has 0 radical (unpaired) electrons. The summed E-state index contributed by atoms with van der Waals surface area (Å²) in [6.45, 7) is 0. The van der Waals surface area contributed by atoms with Gasteiger partial charge < -0.3 is 60.2 Å². The van der Waals surface area contributed by atoms with E-state index in [0.29, 0.717) is 0 Å². The Morgan fingerprint density at radius 2 is 0.905 bits per heavy atom. The number of hydrogen-bond donors (Lipinski definition) is 4. The zero-order chi connectivity index (χ0) is 10.6. The molecular weight excluding hydrogens is 303 g/mol. The fourth-order valence-electron chi connectivity index (χ4n) is 0.714. The van der Waals surface area contributed by atoms with E-state index in [1.165, 1.54) is 0 Å². The van der Waals surface area contributed by atoms with Crippen molar-refractivity contribution in [2.45, 2.75) is 18.4 Å². The van der Waals surface area contributed by atoms with Crippen LogP contribution in [0.1, 0.15) is 14.3 Å². The normalized spacial score (nSPS) is 6.71. The van der Waals surface area contributed by atoms with Crippen molar-refractivity contribution in [1.82, 2.24) is 0 Å². The molecule has 132 valence electrons. The van der Waals surface area contributed by atoms with Crippen molar-refractivity contribution in [2.75, 3.05) is 0 Å². The van der Waals surface area contributed by atoms with E-state index < -0.39 is 36.4 Å². The molecule has 0 rings (SSSR count). The van der Waals surface area contributed by atoms with Gasteiger partial charge in [0, 0.05) is 0 Å². The molecule has 0 unspecified atom stereocenters. The summed E-state index contributed by atoms with van der Waals surface area (Å²) >= 11 is 0. The molecule has 0 aromatic heterocycles. The predicted molar refractivity (Wildman–Crippen MR) is 63.5 cm³/mol. The monoisotopic (exact) mass is 326 g/mol. The van der Waals surface area contributed by atoms with Gasteiger partial charge >= 0.3 is 36.8 Å². The van der Waals surface area contributed by atoms with Crippen molar-refractivity contribution < 1.29 is 93.4 Å². The van der Waals surface area contributed by atoms with Crippen LogP contribution in [0.5, 0.6) is 0 Å². The summed E-state index contributed by atoms with van der Waals surface area (Å²) in [6.07, 6.45) is -2.29. The van der Waals surface area contributed by atoms with E-state index in [-0.39, 0.29) is 58.6 Å². The van der Waals surface area contributed by atoms with Crippen LogP contribution in [0.25, 0.3) is 0 Å². The summed E-state index contributed by atoms with van der Waals surface area (Å²) in [7, 11) is 0.